The molecule has 2 fully saturated rings. The fraction of sp³-hybridized carbons (Fsp3) is 0.833. The Labute approximate surface area is 159 Å². The van der Waals surface area contributed by atoms with Crippen LogP contribution in [0.25, 0.3) is 0 Å². The van der Waals surface area contributed by atoms with Crippen LogP contribution in [0.1, 0.15) is 57.9 Å². The SMILES string of the molecule is CC(C)(C)OC(=O)N(CC1CCC1)C1CCCN(c2nnc(CO)s2)C1. The second-order valence-corrected chi connectivity index (χ2v) is 9.35. The Morgan fingerprint density at radius 3 is 2.65 bits per heavy atom. The number of carbonyl (C=O) groups is 1. The summed E-state index contributed by atoms with van der Waals surface area (Å²) < 4.78 is 5.70. The second-order valence-electron chi connectivity index (χ2n) is 8.31. The van der Waals surface area contributed by atoms with Gasteiger partial charge in [0.1, 0.15) is 10.6 Å². The number of nitrogens with zero attached hydrogens (tertiary/aromatic N) is 4. The molecule has 8 heteroatoms. The van der Waals surface area contributed by atoms with Gasteiger partial charge in [-0.1, -0.05) is 17.8 Å². The van der Waals surface area contributed by atoms with Crippen LogP contribution in [0.3, 0.4) is 0 Å². The fourth-order valence-electron chi connectivity index (χ4n) is 3.47. The van der Waals surface area contributed by atoms with Crippen LogP contribution in [0.5, 0.6) is 0 Å². The van der Waals surface area contributed by atoms with Gasteiger partial charge in [0.25, 0.3) is 0 Å². The van der Waals surface area contributed by atoms with Gasteiger partial charge in [-0.2, -0.15) is 0 Å². The first-order chi connectivity index (χ1) is 12.4. The first-order valence-corrected chi connectivity index (χ1v) is 10.3. The average molecular weight is 383 g/mol. The molecule has 1 aliphatic carbocycles. The van der Waals surface area contributed by atoms with Crippen molar-refractivity contribution in [3.8, 4) is 0 Å². The van der Waals surface area contributed by atoms with Crippen molar-refractivity contribution in [2.75, 3.05) is 24.5 Å². The molecule has 1 aromatic rings. The van der Waals surface area contributed by atoms with Crippen molar-refractivity contribution in [2.45, 2.75) is 71.1 Å². The van der Waals surface area contributed by atoms with Gasteiger partial charge < -0.3 is 19.6 Å². The Kier molecular flexibility index (Phi) is 6.02. The van der Waals surface area contributed by atoms with Crippen molar-refractivity contribution in [1.82, 2.24) is 15.1 Å². The van der Waals surface area contributed by atoms with E-state index in [1.807, 2.05) is 25.7 Å². The second kappa shape index (κ2) is 8.08. The zero-order chi connectivity index (χ0) is 18.7. The minimum atomic E-state index is -0.488. The molecule has 1 saturated heterocycles. The summed E-state index contributed by atoms with van der Waals surface area (Å²) >= 11 is 1.42. The first-order valence-electron chi connectivity index (χ1n) is 9.53. The molecule has 0 bridgehead atoms. The fourth-order valence-corrected chi connectivity index (χ4v) is 4.20. The summed E-state index contributed by atoms with van der Waals surface area (Å²) in [6.07, 6.45) is 5.44. The molecule has 1 atom stereocenters. The van der Waals surface area contributed by atoms with Crippen molar-refractivity contribution in [1.29, 1.82) is 0 Å². The normalized spacial score (nSPS) is 21.4. The molecule has 7 nitrogen and oxygen atoms in total. The molecule has 1 aromatic heterocycles. The molecule has 1 amide bonds. The van der Waals surface area contributed by atoms with E-state index in [-0.39, 0.29) is 18.7 Å². The number of aliphatic hydroxyl groups is 1. The first kappa shape index (κ1) is 19.4. The zero-order valence-electron chi connectivity index (χ0n) is 16.0. The lowest BCUT2D eigenvalue weighted by Crippen LogP contribution is -2.53. The molecular formula is C18H30N4O3S. The number of rotatable bonds is 5. The molecule has 26 heavy (non-hydrogen) atoms. The van der Waals surface area contributed by atoms with E-state index < -0.39 is 5.60 Å². The molecule has 2 aliphatic rings. The van der Waals surface area contributed by atoms with Crippen LogP contribution in [-0.4, -0.2) is 57.6 Å². The van der Waals surface area contributed by atoms with Crippen LogP contribution in [-0.2, 0) is 11.3 Å². The highest BCUT2D eigenvalue weighted by molar-refractivity contribution is 7.15. The summed E-state index contributed by atoms with van der Waals surface area (Å²) in [6.45, 7) is 8.09. The number of hydrogen-bond donors (Lipinski definition) is 1. The molecule has 2 heterocycles. The van der Waals surface area contributed by atoms with Crippen LogP contribution in [0.2, 0.25) is 0 Å². The summed E-state index contributed by atoms with van der Waals surface area (Å²) in [5.41, 5.74) is -0.488. The highest BCUT2D eigenvalue weighted by atomic mass is 32.1. The van der Waals surface area contributed by atoms with E-state index in [0.717, 1.165) is 37.6 Å². The average Bonchev–Trinajstić information content (AvgIpc) is 3.01. The van der Waals surface area contributed by atoms with Crippen LogP contribution >= 0.6 is 11.3 Å². The molecule has 0 aromatic carbocycles. The number of ether oxygens (including phenoxy) is 1. The predicted molar refractivity (Wildman–Crippen MR) is 101 cm³/mol. The van der Waals surface area contributed by atoms with Crippen LogP contribution in [0.4, 0.5) is 9.93 Å². The maximum atomic E-state index is 12.9. The maximum Gasteiger partial charge on any atom is 0.410 e. The van der Waals surface area contributed by atoms with Gasteiger partial charge in [-0.3, -0.25) is 0 Å². The van der Waals surface area contributed by atoms with E-state index in [1.54, 1.807) is 0 Å². The minimum absolute atomic E-state index is 0.0827. The molecule has 0 spiro atoms. The lowest BCUT2D eigenvalue weighted by molar-refractivity contribution is 0.00736. The molecule has 1 unspecified atom stereocenters. The van der Waals surface area contributed by atoms with Gasteiger partial charge in [-0.05, 0) is 52.4 Å². The van der Waals surface area contributed by atoms with Gasteiger partial charge in [-0.15, -0.1) is 10.2 Å². The number of anilines is 1. The van der Waals surface area contributed by atoms with Crippen LogP contribution < -0.4 is 4.90 Å². The highest BCUT2D eigenvalue weighted by Crippen LogP contribution is 2.31. The predicted octanol–water partition coefficient (Wildman–Crippen LogP) is 3.04. The third-order valence-corrected chi connectivity index (χ3v) is 5.98. The van der Waals surface area contributed by atoms with Gasteiger partial charge in [0, 0.05) is 19.6 Å². The van der Waals surface area contributed by atoms with Gasteiger partial charge in [0.15, 0.2) is 0 Å². The monoisotopic (exact) mass is 382 g/mol. The van der Waals surface area contributed by atoms with Crippen molar-refractivity contribution in [3.05, 3.63) is 5.01 Å². The smallest absolute Gasteiger partial charge is 0.410 e. The molecule has 1 aliphatic heterocycles. The van der Waals surface area contributed by atoms with Gasteiger partial charge in [-0.25, -0.2) is 4.79 Å². The Morgan fingerprint density at radius 2 is 2.08 bits per heavy atom. The largest absolute Gasteiger partial charge is 0.444 e. The third kappa shape index (κ3) is 4.85. The van der Waals surface area contributed by atoms with Gasteiger partial charge >= 0.3 is 6.09 Å². The number of piperidine rings is 1. The summed E-state index contributed by atoms with van der Waals surface area (Å²) in [5.74, 6) is 0.598. The van der Waals surface area contributed by atoms with Crippen molar-refractivity contribution in [2.24, 2.45) is 5.92 Å². The standard InChI is InChI=1S/C18H30N4O3S/c1-18(2,3)25-17(24)22(10-13-6-4-7-13)14-8-5-9-21(11-14)16-20-19-15(12-23)26-16/h13-14,23H,4-12H2,1-3H3. The van der Waals surface area contributed by atoms with Crippen LogP contribution in [0, 0.1) is 5.92 Å². The summed E-state index contributed by atoms with van der Waals surface area (Å²) in [6, 6.07) is 0.126. The van der Waals surface area contributed by atoms with E-state index in [1.165, 1.54) is 30.6 Å². The van der Waals surface area contributed by atoms with Crippen molar-refractivity contribution >= 4 is 22.6 Å². The Hall–Kier alpha value is -1.41. The Balaban J connectivity index is 1.70. The topological polar surface area (TPSA) is 78.8 Å². The molecule has 1 N–H and O–H groups in total. The van der Waals surface area contributed by atoms with E-state index in [4.69, 9.17) is 4.74 Å². The molecule has 3 rings (SSSR count). The number of hydrogen-bond acceptors (Lipinski definition) is 7. The number of aliphatic hydroxyl groups excluding tert-OH is 1. The molecular weight excluding hydrogens is 352 g/mol. The molecule has 0 radical (unpaired) electrons. The lowest BCUT2D eigenvalue weighted by atomic mass is 9.84. The maximum absolute atomic E-state index is 12.9. The van der Waals surface area contributed by atoms with Gasteiger partial charge in [0.2, 0.25) is 5.13 Å². The highest BCUT2D eigenvalue weighted by Gasteiger charge is 2.35. The third-order valence-electron chi connectivity index (χ3n) is 5.01. The summed E-state index contributed by atoms with van der Waals surface area (Å²) in [4.78, 5) is 17.0. The minimum Gasteiger partial charge on any atom is -0.444 e. The Bertz CT molecular complexity index is 612. The van der Waals surface area contributed by atoms with Crippen molar-refractivity contribution in [3.63, 3.8) is 0 Å². The van der Waals surface area contributed by atoms with Crippen LogP contribution in [0.15, 0.2) is 0 Å². The lowest BCUT2D eigenvalue weighted by Gasteiger charge is -2.42. The quantitative estimate of drug-likeness (QED) is 0.843. The van der Waals surface area contributed by atoms with E-state index in [2.05, 4.69) is 15.1 Å². The van der Waals surface area contributed by atoms with Crippen molar-refractivity contribution < 1.29 is 14.6 Å². The number of carbonyl (C=O) groups excluding carboxylic acids is 1. The molecule has 1 saturated carbocycles. The summed E-state index contributed by atoms with van der Waals surface area (Å²) in [7, 11) is 0. The molecule has 146 valence electrons. The summed E-state index contributed by atoms with van der Waals surface area (Å²) in [5, 5.41) is 18.9. The zero-order valence-corrected chi connectivity index (χ0v) is 16.8. The number of aromatic nitrogens is 2. The van der Waals surface area contributed by atoms with E-state index >= 15 is 0 Å². The van der Waals surface area contributed by atoms with E-state index in [0.29, 0.717) is 10.9 Å². The van der Waals surface area contributed by atoms with E-state index in [9.17, 15) is 9.90 Å². The Morgan fingerprint density at radius 1 is 1.31 bits per heavy atom. The number of amides is 1. The van der Waals surface area contributed by atoms with Gasteiger partial charge in [0.05, 0.1) is 12.6 Å².